The number of hydrogen-bond donors (Lipinski definition) is 2. The van der Waals surface area contributed by atoms with E-state index < -0.39 is 0 Å². The number of hydrogen-bond acceptors (Lipinski definition) is 3. The SMILES string of the molecule is CCNC(=NCC(C(C)C)N1CCN(C)CC1)NCC1CC1. The average Bonchev–Trinajstić information content (AvgIpc) is 3.30. The Kier molecular flexibility index (Phi) is 6.96. The van der Waals surface area contributed by atoms with Gasteiger partial charge in [-0.25, -0.2) is 0 Å². The minimum absolute atomic E-state index is 0.546. The number of rotatable bonds is 7. The molecule has 1 aliphatic heterocycles. The number of nitrogens with one attached hydrogen (secondary N) is 2. The van der Waals surface area contributed by atoms with Gasteiger partial charge in [0.15, 0.2) is 5.96 Å². The molecule has 2 rings (SSSR count). The number of piperazine rings is 1. The van der Waals surface area contributed by atoms with Crippen LogP contribution < -0.4 is 10.6 Å². The molecule has 0 aromatic heterocycles. The average molecular weight is 310 g/mol. The summed E-state index contributed by atoms with van der Waals surface area (Å²) in [5.41, 5.74) is 0. The zero-order chi connectivity index (χ0) is 15.9. The van der Waals surface area contributed by atoms with Crippen LogP contribution in [0.4, 0.5) is 0 Å². The maximum Gasteiger partial charge on any atom is 0.191 e. The molecule has 1 heterocycles. The topological polar surface area (TPSA) is 42.9 Å². The Bertz CT molecular complexity index is 343. The fourth-order valence-electron chi connectivity index (χ4n) is 2.99. The molecule has 1 aliphatic carbocycles. The van der Waals surface area contributed by atoms with E-state index >= 15 is 0 Å². The third-order valence-electron chi connectivity index (χ3n) is 4.81. The Morgan fingerprint density at radius 2 is 1.82 bits per heavy atom. The van der Waals surface area contributed by atoms with Crippen LogP contribution >= 0.6 is 0 Å². The maximum atomic E-state index is 4.87. The fraction of sp³-hybridized carbons (Fsp3) is 0.941. The highest BCUT2D eigenvalue weighted by atomic mass is 15.3. The monoisotopic (exact) mass is 309 g/mol. The molecule has 1 unspecified atom stereocenters. The second-order valence-corrected chi connectivity index (χ2v) is 7.19. The van der Waals surface area contributed by atoms with Crippen LogP contribution in [0.15, 0.2) is 4.99 Å². The summed E-state index contributed by atoms with van der Waals surface area (Å²) in [6.07, 6.45) is 2.75. The first-order chi connectivity index (χ1) is 10.6. The molecule has 1 saturated heterocycles. The normalized spacial score (nSPS) is 22.9. The second kappa shape index (κ2) is 8.73. The number of guanidine groups is 1. The first-order valence-electron chi connectivity index (χ1n) is 9.05. The molecular weight excluding hydrogens is 274 g/mol. The van der Waals surface area contributed by atoms with E-state index in [1.807, 2.05) is 0 Å². The molecule has 5 nitrogen and oxygen atoms in total. The van der Waals surface area contributed by atoms with E-state index in [4.69, 9.17) is 4.99 Å². The summed E-state index contributed by atoms with van der Waals surface area (Å²) in [4.78, 5) is 9.91. The largest absolute Gasteiger partial charge is 0.357 e. The summed E-state index contributed by atoms with van der Waals surface area (Å²) < 4.78 is 0. The van der Waals surface area contributed by atoms with Crippen LogP contribution in [-0.2, 0) is 0 Å². The summed E-state index contributed by atoms with van der Waals surface area (Å²) in [5.74, 6) is 2.51. The summed E-state index contributed by atoms with van der Waals surface area (Å²) in [5, 5.41) is 6.88. The van der Waals surface area contributed by atoms with Crippen LogP contribution in [0.25, 0.3) is 0 Å². The Balaban J connectivity index is 1.87. The molecule has 22 heavy (non-hydrogen) atoms. The summed E-state index contributed by atoms with van der Waals surface area (Å²) in [7, 11) is 2.21. The van der Waals surface area contributed by atoms with E-state index in [9.17, 15) is 0 Å². The lowest BCUT2D eigenvalue weighted by Gasteiger charge is -2.39. The molecule has 1 atom stereocenters. The second-order valence-electron chi connectivity index (χ2n) is 7.19. The summed E-state index contributed by atoms with van der Waals surface area (Å²) >= 11 is 0. The molecule has 128 valence electrons. The Hall–Kier alpha value is -0.810. The minimum atomic E-state index is 0.546. The molecule has 0 spiro atoms. The highest BCUT2D eigenvalue weighted by Crippen LogP contribution is 2.27. The van der Waals surface area contributed by atoms with Gasteiger partial charge in [0, 0.05) is 45.3 Å². The molecule has 0 aromatic carbocycles. The Morgan fingerprint density at radius 1 is 1.14 bits per heavy atom. The number of likely N-dealkylation sites (N-methyl/N-ethyl adjacent to an activating group) is 1. The van der Waals surface area contributed by atoms with Crippen molar-refractivity contribution in [3.8, 4) is 0 Å². The zero-order valence-corrected chi connectivity index (χ0v) is 14.9. The van der Waals surface area contributed by atoms with E-state index in [0.29, 0.717) is 12.0 Å². The van der Waals surface area contributed by atoms with Crippen molar-refractivity contribution >= 4 is 5.96 Å². The third-order valence-corrected chi connectivity index (χ3v) is 4.81. The van der Waals surface area contributed by atoms with Crippen molar-refractivity contribution in [2.45, 2.75) is 39.7 Å². The lowest BCUT2D eigenvalue weighted by Crippen LogP contribution is -2.52. The van der Waals surface area contributed by atoms with Crippen LogP contribution in [0.5, 0.6) is 0 Å². The van der Waals surface area contributed by atoms with Crippen LogP contribution in [0.1, 0.15) is 33.6 Å². The van der Waals surface area contributed by atoms with Gasteiger partial charge in [-0.15, -0.1) is 0 Å². The van der Waals surface area contributed by atoms with Crippen LogP contribution in [-0.4, -0.2) is 74.7 Å². The molecule has 2 N–H and O–H groups in total. The van der Waals surface area contributed by atoms with Gasteiger partial charge in [0.05, 0.1) is 6.54 Å². The highest BCUT2D eigenvalue weighted by Gasteiger charge is 2.25. The van der Waals surface area contributed by atoms with E-state index in [0.717, 1.165) is 31.5 Å². The van der Waals surface area contributed by atoms with E-state index in [1.165, 1.54) is 39.0 Å². The summed E-state index contributed by atoms with van der Waals surface area (Å²) in [6, 6.07) is 0.546. The van der Waals surface area contributed by atoms with E-state index in [1.54, 1.807) is 0 Å². The van der Waals surface area contributed by atoms with Crippen LogP contribution in [0, 0.1) is 11.8 Å². The quantitative estimate of drug-likeness (QED) is 0.548. The highest BCUT2D eigenvalue weighted by molar-refractivity contribution is 5.79. The van der Waals surface area contributed by atoms with E-state index in [-0.39, 0.29) is 0 Å². The molecule has 5 heteroatoms. The number of nitrogens with zero attached hydrogens (tertiary/aromatic N) is 3. The predicted molar refractivity (Wildman–Crippen MR) is 94.4 cm³/mol. The van der Waals surface area contributed by atoms with Gasteiger partial charge in [-0.1, -0.05) is 13.8 Å². The van der Waals surface area contributed by atoms with Gasteiger partial charge in [0.2, 0.25) is 0 Å². The van der Waals surface area contributed by atoms with Gasteiger partial charge < -0.3 is 15.5 Å². The molecule has 2 fully saturated rings. The summed E-state index contributed by atoms with van der Waals surface area (Å²) in [6.45, 7) is 14.4. The first-order valence-corrected chi connectivity index (χ1v) is 9.05. The molecule has 1 saturated carbocycles. The van der Waals surface area contributed by atoms with Gasteiger partial charge in [-0.2, -0.15) is 0 Å². The van der Waals surface area contributed by atoms with Crippen molar-refractivity contribution in [3.63, 3.8) is 0 Å². The van der Waals surface area contributed by atoms with Gasteiger partial charge >= 0.3 is 0 Å². The smallest absolute Gasteiger partial charge is 0.191 e. The van der Waals surface area contributed by atoms with Crippen LogP contribution in [0.3, 0.4) is 0 Å². The lowest BCUT2D eigenvalue weighted by molar-refractivity contribution is 0.0925. The standard InChI is InChI=1S/C17H35N5/c1-5-18-17(19-12-15-6-7-15)20-13-16(14(2)3)22-10-8-21(4)9-11-22/h14-16H,5-13H2,1-4H3,(H2,18,19,20). The zero-order valence-electron chi connectivity index (χ0n) is 14.9. The van der Waals surface area contributed by atoms with Gasteiger partial charge in [-0.3, -0.25) is 9.89 Å². The lowest BCUT2D eigenvalue weighted by atomic mass is 10.0. The van der Waals surface area contributed by atoms with Crippen molar-refractivity contribution in [2.24, 2.45) is 16.8 Å². The Morgan fingerprint density at radius 3 is 2.36 bits per heavy atom. The van der Waals surface area contributed by atoms with Gasteiger partial charge in [0.25, 0.3) is 0 Å². The molecule has 2 aliphatic rings. The number of aliphatic imine (C=N–C) groups is 1. The van der Waals surface area contributed by atoms with Gasteiger partial charge in [-0.05, 0) is 38.6 Å². The Labute approximate surface area is 136 Å². The predicted octanol–water partition coefficient (Wildman–Crippen LogP) is 1.22. The van der Waals surface area contributed by atoms with Crippen molar-refractivity contribution in [1.29, 1.82) is 0 Å². The molecule has 0 amide bonds. The molecule has 0 bridgehead atoms. The van der Waals surface area contributed by atoms with Crippen molar-refractivity contribution in [1.82, 2.24) is 20.4 Å². The fourth-order valence-corrected chi connectivity index (χ4v) is 2.99. The van der Waals surface area contributed by atoms with Crippen molar-refractivity contribution in [2.75, 3.05) is 52.9 Å². The maximum absolute atomic E-state index is 4.87. The molecule has 0 aromatic rings. The van der Waals surface area contributed by atoms with Crippen molar-refractivity contribution < 1.29 is 0 Å². The minimum Gasteiger partial charge on any atom is -0.357 e. The molecule has 0 radical (unpaired) electrons. The van der Waals surface area contributed by atoms with Gasteiger partial charge in [0.1, 0.15) is 0 Å². The first kappa shape index (κ1) is 17.5. The van der Waals surface area contributed by atoms with Crippen molar-refractivity contribution in [3.05, 3.63) is 0 Å². The third kappa shape index (κ3) is 5.76. The molecular formula is C17H35N5. The van der Waals surface area contributed by atoms with Crippen LogP contribution in [0.2, 0.25) is 0 Å². The van der Waals surface area contributed by atoms with E-state index in [2.05, 4.69) is 48.3 Å².